The summed E-state index contributed by atoms with van der Waals surface area (Å²) in [4.78, 5) is 10.4. The molecule has 1 heterocycles. The molecule has 0 unspecified atom stereocenters. The molecule has 5 atom stereocenters. The Balaban J connectivity index is 2.30. The molecule has 0 aromatic heterocycles. The number of carbonyl (C=O) groups is 1. The fraction of sp³-hybridized carbons (Fsp3) is 0.750. The standard InChI is InChI=1S/C20H34O6/c1-2-3-6-9-15(21)12-13-16(22)19-14-17(23)18(26-19)10-7-4-5-8-11-20(24)25/h4,7,12-13,15-19,21-23H,2-3,5-6,8-11,14H2,1H3,(H,24,25)/b7-4-,13-12+/t15-,16+,17+,18+,19+/m1/s1. The monoisotopic (exact) mass is 370 g/mol. The van der Waals surface area contributed by atoms with E-state index in [4.69, 9.17) is 9.84 Å². The Morgan fingerprint density at radius 3 is 2.65 bits per heavy atom. The van der Waals surface area contributed by atoms with Gasteiger partial charge < -0.3 is 25.2 Å². The van der Waals surface area contributed by atoms with E-state index in [0.29, 0.717) is 32.1 Å². The van der Waals surface area contributed by atoms with Crippen LogP contribution in [0.1, 0.15) is 64.7 Å². The average molecular weight is 370 g/mol. The summed E-state index contributed by atoms with van der Waals surface area (Å²) in [6.07, 6.45) is 10.2. The number of allylic oxidation sites excluding steroid dienone is 1. The third-order valence-corrected chi connectivity index (χ3v) is 4.56. The van der Waals surface area contributed by atoms with Crippen molar-refractivity contribution in [2.45, 2.75) is 95.2 Å². The van der Waals surface area contributed by atoms with Gasteiger partial charge in [0, 0.05) is 12.8 Å². The molecule has 1 rings (SSSR count). The van der Waals surface area contributed by atoms with Gasteiger partial charge in [-0.3, -0.25) is 4.79 Å². The van der Waals surface area contributed by atoms with E-state index >= 15 is 0 Å². The van der Waals surface area contributed by atoms with E-state index in [1.807, 2.05) is 12.2 Å². The van der Waals surface area contributed by atoms with Crippen LogP contribution in [0.15, 0.2) is 24.3 Å². The normalized spacial score (nSPS) is 25.9. The first-order valence-electron chi connectivity index (χ1n) is 9.68. The number of aliphatic hydroxyl groups is 3. The van der Waals surface area contributed by atoms with Crippen molar-refractivity contribution in [3.8, 4) is 0 Å². The second kappa shape index (κ2) is 13.0. The Morgan fingerprint density at radius 1 is 1.19 bits per heavy atom. The minimum Gasteiger partial charge on any atom is -0.481 e. The Kier molecular flexibility index (Phi) is 11.4. The van der Waals surface area contributed by atoms with Crippen molar-refractivity contribution in [3.05, 3.63) is 24.3 Å². The van der Waals surface area contributed by atoms with Crippen LogP contribution in [0.4, 0.5) is 0 Å². The lowest BCUT2D eigenvalue weighted by Gasteiger charge is -2.16. The fourth-order valence-corrected chi connectivity index (χ4v) is 2.98. The van der Waals surface area contributed by atoms with Crippen LogP contribution in [0.2, 0.25) is 0 Å². The van der Waals surface area contributed by atoms with Crippen molar-refractivity contribution in [2.75, 3.05) is 0 Å². The van der Waals surface area contributed by atoms with Gasteiger partial charge in [-0.2, -0.15) is 0 Å². The minimum atomic E-state index is -0.852. The zero-order valence-electron chi connectivity index (χ0n) is 15.7. The van der Waals surface area contributed by atoms with Crippen LogP contribution >= 0.6 is 0 Å². The first-order valence-corrected chi connectivity index (χ1v) is 9.68. The number of hydrogen-bond acceptors (Lipinski definition) is 5. The van der Waals surface area contributed by atoms with Crippen molar-refractivity contribution in [1.82, 2.24) is 0 Å². The quantitative estimate of drug-likeness (QED) is 0.293. The molecule has 26 heavy (non-hydrogen) atoms. The number of hydrogen-bond donors (Lipinski definition) is 4. The maximum absolute atomic E-state index is 10.4. The highest BCUT2D eigenvalue weighted by Gasteiger charge is 2.36. The molecule has 1 aliphatic heterocycles. The van der Waals surface area contributed by atoms with Gasteiger partial charge in [0.1, 0.15) is 0 Å². The van der Waals surface area contributed by atoms with Crippen LogP contribution in [0.3, 0.4) is 0 Å². The molecule has 0 spiro atoms. The lowest BCUT2D eigenvalue weighted by molar-refractivity contribution is -0.137. The van der Waals surface area contributed by atoms with E-state index in [-0.39, 0.29) is 12.5 Å². The molecule has 0 amide bonds. The predicted octanol–water partition coefficient (Wildman–Crippen LogP) is 2.56. The number of unbranched alkanes of at least 4 members (excludes halogenated alkanes) is 3. The number of aliphatic carboxylic acids is 1. The van der Waals surface area contributed by atoms with Crippen LogP contribution in [-0.4, -0.2) is 56.9 Å². The number of ether oxygens (including phenoxy) is 1. The molecule has 0 aromatic rings. The number of carboxylic acids is 1. The van der Waals surface area contributed by atoms with Gasteiger partial charge >= 0.3 is 5.97 Å². The summed E-state index contributed by atoms with van der Waals surface area (Å²) in [5.41, 5.74) is 0. The Morgan fingerprint density at radius 2 is 1.96 bits per heavy atom. The van der Waals surface area contributed by atoms with E-state index in [9.17, 15) is 20.1 Å². The average Bonchev–Trinajstić information content (AvgIpc) is 2.97. The SMILES string of the molecule is CCCCC[C@@H](O)/C=C/[C@H](O)[C@@H]1C[C@H](O)[C@H](C/C=C\CCCC(=O)O)O1. The molecule has 4 N–H and O–H groups in total. The molecule has 0 saturated carbocycles. The topological polar surface area (TPSA) is 107 Å². The fourth-order valence-electron chi connectivity index (χ4n) is 2.98. The van der Waals surface area contributed by atoms with Gasteiger partial charge in [-0.15, -0.1) is 0 Å². The van der Waals surface area contributed by atoms with E-state index in [0.717, 1.165) is 19.3 Å². The number of aliphatic hydroxyl groups excluding tert-OH is 3. The van der Waals surface area contributed by atoms with E-state index in [1.165, 1.54) is 0 Å². The molecule has 1 fully saturated rings. The van der Waals surface area contributed by atoms with Crippen LogP contribution in [0.25, 0.3) is 0 Å². The predicted molar refractivity (Wildman–Crippen MR) is 99.8 cm³/mol. The Hall–Kier alpha value is -1.21. The van der Waals surface area contributed by atoms with Crippen molar-refractivity contribution < 1.29 is 30.0 Å². The summed E-state index contributed by atoms with van der Waals surface area (Å²) in [6.45, 7) is 2.11. The molecule has 0 bridgehead atoms. The summed E-state index contributed by atoms with van der Waals surface area (Å²) < 4.78 is 5.73. The third-order valence-electron chi connectivity index (χ3n) is 4.56. The highest BCUT2D eigenvalue weighted by Crippen LogP contribution is 2.26. The second-order valence-electron chi connectivity index (χ2n) is 6.95. The summed E-state index contributed by atoms with van der Waals surface area (Å²) in [7, 11) is 0. The van der Waals surface area contributed by atoms with Crippen LogP contribution in [0, 0.1) is 0 Å². The molecule has 0 radical (unpaired) electrons. The number of carboxylic acid groups (broad SMARTS) is 1. The molecule has 0 aliphatic carbocycles. The lowest BCUT2D eigenvalue weighted by atomic mass is 10.0. The number of rotatable bonds is 13. The molecular weight excluding hydrogens is 336 g/mol. The molecular formula is C20H34O6. The van der Waals surface area contributed by atoms with Gasteiger partial charge in [0.15, 0.2) is 0 Å². The van der Waals surface area contributed by atoms with Crippen LogP contribution < -0.4 is 0 Å². The molecule has 1 aliphatic rings. The summed E-state index contributed by atoms with van der Waals surface area (Å²) in [6, 6.07) is 0. The van der Waals surface area contributed by atoms with E-state index in [1.54, 1.807) is 12.2 Å². The maximum Gasteiger partial charge on any atom is 0.303 e. The van der Waals surface area contributed by atoms with Crippen molar-refractivity contribution in [1.29, 1.82) is 0 Å². The van der Waals surface area contributed by atoms with Crippen molar-refractivity contribution >= 4 is 5.97 Å². The minimum absolute atomic E-state index is 0.151. The van der Waals surface area contributed by atoms with Gasteiger partial charge in [0.05, 0.1) is 30.5 Å². The van der Waals surface area contributed by atoms with Gasteiger partial charge in [0.2, 0.25) is 0 Å². The van der Waals surface area contributed by atoms with Crippen LogP contribution in [0.5, 0.6) is 0 Å². The molecule has 150 valence electrons. The molecule has 0 aromatic carbocycles. The Bertz CT molecular complexity index is 448. The first-order chi connectivity index (χ1) is 12.4. The highest BCUT2D eigenvalue weighted by molar-refractivity contribution is 5.66. The maximum atomic E-state index is 10.4. The van der Waals surface area contributed by atoms with Gasteiger partial charge in [-0.25, -0.2) is 0 Å². The van der Waals surface area contributed by atoms with Gasteiger partial charge in [0.25, 0.3) is 0 Å². The highest BCUT2D eigenvalue weighted by atomic mass is 16.5. The largest absolute Gasteiger partial charge is 0.481 e. The summed E-state index contributed by atoms with van der Waals surface area (Å²) in [5.74, 6) is -0.798. The lowest BCUT2D eigenvalue weighted by Crippen LogP contribution is -2.24. The molecule has 1 saturated heterocycles. The van der Waals surface area contributed by atoms with Gasteiger partial charge in [-0.05, 0) is 25.7 Å². The molecule has 6 heteroatoms. The molecule has 6 nitrogen and oxygen atoms in total. The summed E-state index contributed by atoms with van der Waals surface area (Å²) >= 11 is 0. The Labute approximate surface area is 156 Å². The van der Waals surface area contributed by atoms with E-state index in [2.05, 4.69) is 6.92 Å². The first kappa shape index (κ1) is 22.8. The zero-order valence-corrected chi connectivity index (χ0v) is 15.7. The zero-order chi connectivity index (χ0) is 19.4. The van der Waals surface area contributed by atoms with E-state index < -0.39 is 30.4 Å². The smallest absolute Gasteiger partial charge is 0.303 e. The van der Waals surface area contributed by atoms with Gasteiger partial charge in [-0.1, -0.05) is 50.5 Å². The van der Waals surface area contributed by atoms with Crippen LogP contribution in [-0.2, 0) is 9.53 Å². The summed E-state index contributed by atoms with van der Waals surface area (Å²) in [5, 5.41) is 38.7. The van der Waals surface area contributed by atoms with Crippen molar-refractivity contribution in [3.63, 3.8) is 0 Å². The van der Waals surface area contributed by atoms with Crippen molar-refractivity contribution in [2.24, 2.45) is 0 Å². The third kappa shape index (κ3) is 9.48. The second-order valence-corrected chi connectivity index (χ2v) is 6.95.